The van der Waals surface area contributed by atoms with Crippen molar-refractivity contribution in [3.05, 3.63) is 68.4 Å². The highest BCUT2D eigenvalue weighted by Gasteiger charge is 2.45. The van der Waals surface area contributed by atoms with Crippen LogP contribution in [0.4, 0.5) is 17.6 Å². The van der Waals surface area contributed by atoms with Crippen LogP contribution in [0, 0.1) is 5.82 Å². The molecule has 41 heavy (non-hydrogen) atoms. The van der Waals surface area contributed by atoms with Crippen molar-refractivity contribution >= 4 is 45.1 Å². The number of hydrogen-bond donors (Lipinski definition) is 0. The molecule has 1 saturated carbocycles. The monoisotopic (exact) mass is 640 g/mol. The number of halogens is 6. The summed E-state index contributed by atoms with van der Waals surface area (Å²) < 4.78 is 82.4. The summed E-state index contributed by atoms with van der Waals surface area (Å²) in [6.45, 7) is 1.97. The van der Waals surface area contributed by atoms with Crippen LogP contribution in [-0.2, 0) is 37.5 Å². The van der Waals surface area contributed by atoms with E-state index in [1.54, 1.807) is 18.2 Å². The fraction of sp³-hybridized carbons (Fsp3) is 0.462. The molecule has 1 heterocycles. The average molecular weight is 641 g/mol. The molecule has 8 nitrogen and oxygen atoms in total. The third-order valence-corrected chi connectivity index (χ3v) is 7.96. The molecule has 4 rings (SSSR count). The van der Waals surface area contributed by atoms with Crippen LogP contribution in [-0.4, -0.2) is 61.3 Å². The van der Waals surface area contributed by atoms with E-state index in [2.05, 4.69) is 9.74 Å². The maximum atomic E-state index is 15.2. The van der Waals surface area contributed by atoms with E-state index in [1.165, 1.54) is 0 Å². The van der Waals surface area contributed by atoms with E-state index in [4.69, 9.17) is 27.9 Å². The summed E-state index contributed by atoms with van der Waals surface area (Å²) in [4.78, 5) is 30.0. The number of rotatable bonds is 8. The Bertz CT molecular complexity index is 1410. The lowest BCUT2D eigenvalue weighted by Gasteiger charge is -2.32. The first kappa shape index (κ1) is 31.5. The highest BCUT2D eigenvalue weighted by Crippen LogP contribution is 2.43. The van der Waals surface area contributed by atoms with Crippen molar-refractivity contribution in [2.24, 2.45) is 0 Å². The lowest BCUT2D eigenvalue weighted by molar-refractivity contribution is -0.216. The second-order valence-electron chi connectivity index (χ2n) is 10.0. The molecule has 0 radical (unpaired) electrons. The Morgan fingerprint density at radius 2 is 1.63 bits per heavy atom. The van der Waals surface area contributed by atoms with E-state index in [9.17, 15) is 31.2 Å². The quantitative estimate of drug-likeness (QED) is 0.273. The fourth-order valence-corrected chi connectivity index (χ4v) is 5.75. The summed E-state index contributed by atoms with van der Waals surface area (Å²) in [6, 6.07) is 7.41. The Balaban J connectivity index is 1.44. The molecule has 2 aromatic rings. The van der Waals surface area contributed by atoms with Crippen molar-refractivity contribution in [3.8, 4) is 0 Å². The normalized spacial score (nSPS) is 17.0. The molecule has 0 unspecified atom stereocenters. The van der Waals surface area contributed by atoms with Crippen LogP contribution in [0.1, 0.15) is 58.6 Å². The van der Waals surface area contributed by atoms with Crippen molar-refractivity contribution in [2.45, 2.75) is 57.0 Å². The molecule has 1 amide bonds. The molecule has 15 heteroatoms. The van der Waals surface area contributed by atoms with Crippen molar-refractivity contribution in [2.75, 3.05) is 19.3 Å². The lowest BCUT2D eigenvalue weighted by atomic mass is 9.97. The zero-order chi connectivity index (χ0) is 30.1. The molecule has 224 valence electrons. The van der Waals surface area contributed by atoms with Crippen LogP contribution in [0.3, 0.4) is 0 Å². The van der Waals surface area contributed by atoms with Gasteiger partial charge in [-0.1, -0.05) is 27.7 Å². The Kier molecular flexibility index (Phi) is 9.54. The number of alkyl halides is 3. The van der Waals surface area contributed by atoms with Gasteiger partial charge < -0.3 is 9.57 Å². The van der Waals surface area contributed by atoms with Gasteiger partial charge in [-0.15, -0.1) is 0 Å². The van der Waals surface area contributed by atoms with Crippen molar-refractivity contribution in [1.82, 2.24) is 9.37 Å². The molecule has 1 aliphatic heterocycles. The summed E-state index contributed by atoms with van der Waals surface area (Å²) in [5, 5.41) is 1.03. The van der Waals surface area contributed by atoms with Crippen molar-refractivity contribution in [1.29, 1.82) is 0 Å². The zero-order valence-electron chi connectivity index (χ0n) is 21.7. The Hall–Kier alpha value is -2.45. The fourth-order valence-electron chi connectivity index (χ4n) is 4.57. The van der Waals surface area contributed by atoms with Crippen LogP contribution in [0.2, 0.25) is 10.0 Å². The summed E-state index contributed by atoms with van der Waals surface area (Å²) in [5.41, 5.74) is 1.20. The van der Waals surface area contributed by atoms with Gasteiger partial charge in [0, 0.05) is 29.7 Å². The lowest BCUT2D eigenvalue weighted by Crippen LogP contribution is -2.42. The number of benzene rings is 2. The minimum Gasteiger partial charge on any atom is -0.373 e. The molecule has 2 aliphatic rings. The number of likely N-dealkylation sites (tertiary alicyclic amines) is 1. The largest absolute Gasteiger partial charge is 0.493 e. The first-order valence-corrected chi connectivity index (χ1v) is 15.2. The van der Waals surface area contributed by atoms with Crippen molar-refractivity contribution < 1.29 is 45.1 Å². The molecule has 0 atom stereocenters. The van der Waals surface area contributed by atoms with E-state index in [-0.39, 0.29) is 12.0 Å². The van der Waals surface area contributed by atoms with Crippen LogP contribution in [0.25, 0.3) is 0 Å². The standard InChI is InChI=1S/C26H26Cl2F4N2O6S/c1-41(37,38)34(40-25(36)26(30,31)32)24(35)22-12-21(16-2-3-16)17(10-23(22)29)13-33-6-4-20(5-7-33)39-14-15-8-18(27)11-19(28)9-15/h8-12,16,20H,2-7,13-14H2,1H3. The van der Waals surface area contributed by atoms with Gasteiger partial charge >= 0.3 is 18.1 Å². The Morgan fingerprint density at radius 1 is 1.02 bits per heavy atom. The molecule has 0 bridgehead atoms. The maximum absolute atomic E-state index is 15.2. The first-order chi connectivity index (χ1) is 19.1. The zero-order valence-corrected chi connectivity index (χ0v) is 24.0. The smallest absolute Gasteiger partial charge is 0.373 e. The number of piperidine rings is 1. The topological polar surface area (TPSA) is 93.2 Å². The molecule has 2 aromatic carbocycles. The molecule has 0 spiro atoms. The molecule has 1 aliphatic carbocycles. The van der Waals surface area contributed by atoms with E-state index in [0.717, 1.165) is 30.5 Å². The van der Waals surface area contributed by atoms with Gasteiger partial charge in [0.25, 0.3) is 10.0 Å². The molecule has 2 fully saturated rings. The predicted molar refractivity (Wildman–Crippen MR) is 141 cm³/mol. The molecule has 0 N–H and O–H groups in total. The number of sulfonamides is 1. The highest BCUT2D eigenvalue weighted by molar-refractivity contribution is 7.88. The van der Waals surface area contributed by atoms with Gasteiger partial charge in [0.1, 0.15) is 5.82 Å². The maximum Gasteiger partial charge on any atom is 0.493 e. The van der Waals surface area contributed by atoms with Gasteiger partial charge in [0.05, 0.1) is 24.5 Å². The van der Waals surface area contributed by atoms with Gasteiger partial charge in [-0.3, -0.25) is 9.69 Å². The molecule has 0 aromatic heterocycles. The highest BCUT2D eigenvalue weighted by atomic mass is 35.5. The summed E-state index contributed by atoms with van der Waals surface area (Å²) in [5.74, 6) is -5.84. The molecular formula is C26H26Cl2F4N2O6S. The van der Waals surface area contributed by atoms with Crippen LogP contribution < -0.4 is 0 Å². The van der Waals surface area contributed by atoms with Crippen molar-refractivity contribution in [3.63, 3.8) is 0 Å². The number of hydroxylamine groups is 1. The first-order valence-electron chi connectivity index (χ1n) is 12.6. The number of ether oxygens (including phenoxy) is 1. The van der Waals surface area contributed by atoms with E-state index in [0.29, 0.717) is 66.5 Å². The summed E-state index contributed by atoms with van der Waals surface area (Å²) in [7, 11) is -4.83. The predicted octanol–water partition coefficient (Wildman–Crippen LogP) is 5.61. The number of hydrogen-bond acceptors (Lipinski definition) is 7. The third-order valence-electron chi connectivity index (χ3n) is 6.68. The minimum atomic E-state index is -5.58. The van der Waals surface area contributed by atoms with Gasteiger partial charge in [-0.05, 0) is 78.6 Å². The second kappa shape index (κ2) is 12.4. The SMILES string of the molecule is CS(=O)(=O)N(OC(=O)C(F)(F)F)C(=O)c1cc(C2CC2)c(CN2CCC(OCc3cc(Cl)cc(Cl)c3)CC2)cc1F. The van der Waals surface area contributed by atoms with Gasteiger partial charge in [0.15, 0.2) is 0 Å². The second-order valence-corrected chi connectivity index (χ2v) is 12.7. The van der Waals surface area contributed by atoms with Crippen LogP contribution in [0.5, 0.6) is 0 Å². The number of amides is 1. The van der Waals surface area contributed by atoms with Gasteiger partial charge in [0.2, 0.25) is 0 Å². The minimum absolute atomic E-state index is 0.00923. The third kappa shape index (κ3) is 8.31. The van der Waals surface area contributed by atoms with E-state index >= 15 is 4.39 Å². The molecule has 1 saturated heterocycles. The Labute approximate surface area is 244 Å². The Morgan fingerprint density at radius 3 is 2.17 bits per heavy atom. The van der Waals surface area contributed by atoms with E-state index in [1.807, 2.05) is 0 Å². The van der Waals surface area contributed by atoms with Crippen LogP contribution in [0.15, 0.2) is 30.3 Å². The summed E-state index contributed by atoms with van der Waals surface area (Å²) >= 11 is 12.1. The van der Waals surface area contributed by atoms with Gasteiger partial charge in [-0.25, -0.2) is 17.6 Å². The van der Waals surface area contributed by atoms with Crippen LogP contribution >= 0.6 is 23.2 Å². The number of nitrogens with zero attached hydrogens (tertiary/aromatic N) is 2. The number of carbonyl (C=O) groups is 2. The molecular weight excluding hydrogens is 615 g/mol. The number of carbonyl (C=O) groups excluding carboxylic acids is 2. The average Bonchev–Trinajstić information content (AvgIpc) is 3.70. The summed E-state index contributed by atoms with van der Waals surface area (Å²) in [6.07, 6.45) is -2.32. The van der Waals surface area contributed by atoms with Gasteiger partial charge in [-0.2, -0.15) is 13.2 Å². The van der Waals surface area contributed by atoms with E-state index < -0.39 is 43.9 Å².